The standard InChI is InChI=1S/C18H26N2O/c1-19(2)16-10-5-8-15(13-16)18(21)20-12-6-9-14-7-3-4-11-17(14)20/h5,8,10,13-14,17H,3-4,6-7,9,11-12H2,1-2H3. The van der Waals surface area contributed by atoms with Crippen molar-refractivity contribution in [3.8, 4) is 0 Å². The van der Waals surface area contributed by atoms with Gasteiger partial charge in [-0.15, -0.1) is 0 Å². The highest BCUT2D eigenvalue weighted by Crippen LogP contribution is 2.36. The van der Waals surface area contributed by atoms with Crippen LogP contribution in [0.25, 0.3) is 0 Å². The fourth-order valence-corrected chi connectivity index (χ4v) is 3.96. The highest BCUT2D eigenvalue weighted by Gasteiger charge is 2.35. The molecule has 0 aromatic heterocycles. The molecule has 0 N–H and O–H groups in total. The number of amides is 1. The smallest absolute Gasteiger partial charge is 0.254 e. The molecule has 0 spiro atoms. The van der Waals surface area contributed by atoms with Crippen LogP contribution in [-0.4, -0.2) is 37.5 Å². The topological polar surface area (TPSA) is 23.6 Å². The molecular formula is C18H26N2O. The molecule has 0 radical (unpaired) electrons. The second-order valence-electron chi connectivity index (χ2n) is 6.70. The molecule has 2 aliphatic rings. The Kier molecular flexibility index (Phi) is 4.18. The Morgan fingerprint density at radius 1 is 1.14 bits per heavy atom. The van der Waals surface area contributed by atoms with Crippen LogP contribution in [0.2, 0.25) is 0 Å². The van der Waals surface area contributed by atoms with Crippen LogP contribution in [0.1, 0.15) is 48.9 Å². The van der Waals surface area contributed by atoms with E-state index in [1.807, 2.05) is 32.3 Å². The number of nitrogens with zero attached hydrogens (tertiary/aromatic N) is 2. The number of carbonyl (C=O) groups excluding carboxylic acids is 1. The van der Waals surface area contributed by atoms with Crippen molar-refractivity contribution in [3.63, 3.8) is 0 Å². The molecule has 0 bridgehead atoms. The normalized spacial score (nSPS) is 25.3. The third-order valence-corrected chi connectivity index (χ3v) is 5.11. The molecule has 1 aliphatic heterocycles. The van der Waals surface area contributed by atoms with E-state index in [0.717, 1.165) is 23.7 Å². The maximum Gasteiger partial charge on any atom is 0.254 e. The molecule has 3 nitrogen and oxygen atoms in total. The van der Waals surface area contributed by atoms with Gasteiger partial charge in [-0.25, -0.2) is 0 Å². The number of hydrogen-bond donors (Lipinski definition) is 0. The second kappa shape index (κ2) is 6.08. The summed E-state index contributed by atoms with van der Waals surface area (Å²) < 4.78 is 0. The lowest BCUT2D eigenvalue weighted by Crippen LogP contribution is -2.49. The third kappa shape index (κ3) is 2.92. The van der Waals surface area contributed by atoms with Gasteiger partial charge in [-0.2, -0.15) is 0 Å². The molecule has 1 heterocycles. The summed E-state index contributed by atoms with van der Waals surface area (Å²) in [6, 6.07) is 8.51. The number of fused-ring (bicyclic) bond motifs is 1. The summed E-state index contributed by atoms with van der Waals surface area (Å²) in [6.07, 6.45) is 7.62. The minimum absolute atomic E-state index is 0.232. The van der Waals surface area contributed by atoms with Gasteiger partial charge in [-0.1, -0.05) is 18.9 Å². The average Bonchev–Trinajstić information content (AvgIpc) is 2.53. The SMILES string of the molecule is CN(C)c1cccc(C(=O)N2CCCC3CCCCC32)c1. The molecule has 1 aliphatic carbocycles. The fraction of sp³-hybridized carbons (Fsp3) is 0.611. The van der Waals surface area contributed by atoms with Gasteiger partial charge >= 0.3 is 0 Å². The van der Waals surface area contributed by atoms with Crippen LogP contribution in [0, 0.1) is 5.92 Å². The van der Waals surface area contributed by atoms with Crippen LogP contribution in [0.3, 0.4) is 0 Å². The Labute approximate surface area is 127 Å². The monoisotopic (exact) mass is 286 g/mol. The number of anilines is 1. The van der Waals surface area contributed by atoms with E-state index in [2.05, 4.69) is 15.9 Å². The van der Waals surface area contributed by atoms with Crippen LogP contribution in [-0.2, 0) is 0 Å². The van der Waals surface area contributed by atoms with E-state index >= 15 is 0 Å². The van der Waals surface area contributed by atoms with Crippen LogP contribution in [0.15, 0.2) is 24.3 Å². The summed E-state index contributed by atoms with van der Waals surface area (Å²) in [5.41, 5.74) is 1.94. The number of benzene rings is 1. The number of rotatable bonds is 2. The first-order chi connectivity index (χ1) is 10.2. The largest absolute Gasteiger partial charge is 0.378 e. The van der Waals surface area contributed by atoms with Gasteiger partial charge < -0.3 is 9.80 Å². The summed E-state index contributed by atoms with van der Waals surface area (Å²) >= 11 is 0. The Balaban J connectivity index is 1.81. The average molecular weight is 286 g/mol. The number of likely N-dealkylation sites (tertiary alicyclic amines) is 1. The summed E-state index contributed by atoms with van der Waals surface area (Å²) in [4.78, 5) is 17.2. The lowest BCUT2D eigenvalue weighted by Gasteiger charge is -2.44. The van der Waals surface area contributed by atoms with Gasteiger partial charge in [0.25, 0.3) is 5.91 Å². The van der Waals surface area contributed by atoms with Crippen LogP contribution >= 0.6 is 0 Å². The van der Waals surface area contributed by atoms with Crippen molar-refractivity contribution in [1.29, 1.82) is 0 Å². The van der Waals surface area contributed by atoms with Crippen molar-refractivity contribution >= 4 is 11.6 Å². The summed E-state index contributed by atoms with van der Waals surface area (Å²) in [6.45, 7) is 0.937. The highest BCUT2D eigenvalue weighted by molar-refractivity contribution is 5.95. The van der Waals surface area contributed by atoms with Crippen molar-refractivity contribution < 1.29 is 4.79 Å². The molecule has 3 rings (SSSR count). The van der Waals surface area contributed by atoms with Crippen LogP contribution < -0.4 is 4.90 Å². The van der Waals surface area contributed by atoms with E-state index in [0.29, 0.717) is 6.04 Å². The summed E-state index contributed by atoms with van der Waals surface area (Å²) in [7, 11) is 4.03. The van der Waals surface area contributed by atoms with Crippen molar-refractivity contribution in [1.82, 2.24) is 4.90 Å². The molecule has 1 saturated heterocycles. The maximum atomic E-state index is 12.9. The highest BCUT2D eigenvalue weighted by atomic mass is 16.2. The molecule has 21 heavy (non-hydrogen) atoms. The molecule has 114 valence electrons. The molecule has 1 aromatic carbocycles. The van der Waals surface area contributed by atoms with Gasteiger partial charge in [0.1, 0.15) is 0 Å². The van der Waals surface area contributed by atoms with E-state index in [-0.39, 0.29) is 5.91 Å². The number of hydrogen-bond acceptors (Lipinski definition) is 2. The molecule has 1 aromatic rings. The van der Waals surface area contributed by atoms with Crippen molar-refractivity contribution in [2.45, 2.75) is 44.6 Å². The summed E-state index contributed by atoms with van der Waals surface area (Å²) in [5.74, 6) is 0.976. The predicted octanol–water partition coefficient (Wildman–Crippen LogP) is 3.55. The zero-order valence-corrected chi connectivity index (χ0v) is 13.2. The quantitative estimate of drug-likeness (QED) is 0.830. The van der Waals surface area contributed by atoms with E-state index in [4.69, 9.17) is 0 Å². The first kappa shape index (κ1) is 14.4. The number of carbonyl (C=O) groups is 1. The third-order valence-electron chi connectivity index (χ3n) is 5.11. The molecule has 2 atom stereocenters. The van der Waals surface area contributed by atoms with Gasteiger partial charge in [0.05, 0.1) is 0 Å². The molecule has 2 fully saturated rings. The van der Waals surface area contributed by atoms with E-state index in [9.17, 15) is 4.79 Å². The minimum atomic E-state index is 0.232. The lowest BCUT2D eigenvalue weighted by atomic mass is 9.78. The zero-order valence-electron chi connectivity index (χ0n) is 13.2. The van der Waals surface area contributed by atoms with Crippen molar-refractivity contribution in [2.75, 3.05) is 25.5 Å². The zero-order chi connectivity index (χ0) is 14.8. The Morgan fingerprint density at radius 3 is 2.71 bits per heavy atom. The van der Waals surface area contributed by atoms with Gasteiger partial charge in [-0.3, -0.25) is 4.79 Å². The molecule has 1 saturated carbocycles. The Hall–Kier alpha value is -1.51. The fourth-order valence-electron chi connectivity index (χ4n) is 3.96. The van der Waals surface area contributed by atoms with E-state index in [1.165, 1.54) is 38.5 Å². The minimum Gasteiger partial charge on any atom is -0.378 e. The molecule has 3 heteroatoms. The number of piperidine rings is 1. The van der Waals surface area contributed by atoms with Crippen molar-refractivity contribution in [3.05, 3.63) is 29.8 Å². The van der Waals surface area contributed by atoms with Gasteiger partial charge in [0.2, 0.25) is 0 Å². The first-order valence-electron chi connectivity index (χ1n) is 8.25. The molecule has 1 amide bonds. The molecule has 2 unspecified atom stereocenters. The van der Waals surface area contributed by atoms with Crippen LogP contribution in [0.4, 0.5) is 5.69 Å². The van der Waals surface area contributed by atoms with Gasteiger partial charge in [0.15, 0.2) is 0 Å². The maximum absolute atomic E-state index is 12.9. The second-order valence-corrected chi connectivity index (χ2v) is 6.70. The van der Waals surface area contributed by atoms with E-state index < -0.39 is 0 Å². The lowest BCUT2D eigenvalue weighted by molar-refractivity contribution is 0.0391. The Bertz CT molecular complexity index is 510. The van der Waals surface area contributed by atoms with Crippen molar-refractivity contribution in [2.24, 2.45) is 5.92 Å². The first-order valence-corrected chi connectivity index (χ1v) is 8.25. The molecular weight excluding hydrogens is 260 g/mol. The summed E-state index contributed by atoms with van der Waals surface area (Å²) in [5, 5.41) is 0. The Morgan fingerprint density at radius 2 is 1.90 bits per heavy atom. The van der Waals surface area contributed by atoms with Gasteiger partial charge in [0, 0.05) is 37.9 Å². The predicted molar refractivity (Wildman–Crippen MR) is 86.8 cm³/mol. The van der Waals surface area contributed by atoms with Gasteiger partial charge in [-0.05, 0) is 49.8 Å². The van der Waals surface area contributed by atoms with Crippen LogP contribution in [0.5, 0.6) is 0 Å². The van der Waals surface area contributed by atoms with E-state index in [1.54, 1.807) is 0 Å².